The first-order chi connectivity index (χ1) is 6.16. The highest BCUT2D eigenvalue weighted by molar-refractivity contribution is 4.85. The van der Waals surface area contributed by atoms with Crippen LogP contribution >= 0.6 is 0 Å². The molecule has 1 fully saturated rings. The molecule has 0 aliphatic carbocycles. The van der Waals surface area contributed by atoms with E-state index in [1.165, 1.54) is 0 Å². The van der Waals surface area contributed by atoms with Crippen LogP contribution in [0.2, 0.25) is 0 Å². The molecule has 0 N–H and O–H groups in total. The predicted octanol–water partition coefficient (Wildman–Crippen LogP) is 1.75. The lowest BCUT2D eigenvalue weighted by Gasteiger charge is -2.28. The molecule has 1 saturated heterocycles. The number of alkyl halides is 2. The number of hydrogen-bond donors (Lipinski definition) is 0. The Hall–Kier alpha value is -0.220. The minimum absolute atomic E-state index is 0.0973. The van der Waals surface area contributed by atoms with Crippen LogP contribution in [0.25, 0.3) is 0 Å². The zero-order valence-corrected chi connectivity index (χ0v) is 8.17. The van der Waals surface area contributed by atoms with Gasteiger partial charge in [0.25, 0.3) is 6.43 Å². The Morgan fingerprint density at radius 1 is 1.54 bits per heavy atom. The molecule has 0 aromatic carbocycles. The Bertz CT molecular complexity index is 155. The number of ether oxygens (including phenoxy) is 1. The number of likely N-dealkylation sites (tertiary alicyclic amines) is 1. The van der Waals surface area contributed by atoms with Gasteiger partial charge in [-0.25, -0.2) is 8.78 Å². The van der Waals surface area contributed by atoms with E-state index in [0.717, 1.165) is 19.4 Å². The van der Waals surface area contributed by atoms with Crippen LogP contribution in [-0.2, 0) is 4.74 Å². The lowest BCUT2D eigenvalue weighted by atomic mass is 10.1. The van der Waals surface area contributed by atoms with Gasteiger partial charge in [0.05, 0.1) is 0 Å². The van der Waals surface area contributed by atoms with Gasteiger partial charge in [0.15, 0.2) is 0 Å². The lowest BCUT2D eigenvalue weighted by Crippen LogP contribution is -2.42. The number of rotatable bonds is 4. The Morgan fingerprint density at radius 2 is 2.23 bits per heavy atom. The van der Waals surface area contributed by atoms with Crippen LogP contribution < -0.4 is 0 Å². The Morgan fingerprint density at radius 3 is 2.62 bits per heavy atom. The quantitative estimate of drug-likeness (QED) is 0.674. The van der Waals surface area contributed by atoms with E-state index in [-0.39, 0.29) is 6.04 Å². The van der Waals surface area contributed by atoms with Gasteiger partial charge in [-0.05, 0) is 33.4 Å². The van der Waals surface area contributed by atoms with Crippen molar-refractivity contribution in [1.29, 1.82) is 0 Å². The molecule has 0 spiro atoms. The highest BCUT2D eigenvalue weighted by Crippen LogP contribution is 2.23. The summed E-state index contributed by atoms with van der Waals surface area (Å²) in [5.74, 6) is 0. The molecule has 0 aromatic rings. The standard InChI is InChI=1S/C9H17F2NO/c1-3-13-8(9(10)11)7-5-4-6-12(7)2/h7-9H,3-6H2,1-2H3/t7-,8+/m0/s1. The summed E-state index contributed by atoms with van der Waals surface area (Å²) in [5.41, 5.74) is 0. The molecule has 1 aliphatic heterocycles. The van der Waals surface area contributed by atoms with Gasteiger partial charge >= 0.3 is 0 Å². The van der Waals surface area contributed by atoms with Gasteiger partial charge in [-0.1, -0.05) is 0 Å². The van der Waals surface area contributed by atoms with Gasteiger partial charge in [0, 0.05) is 12.6 Å². The first-order valence-electron chi connectivity index (χ1n) is 4.76. The summed E-state index contributed by atoms with van der Waals surface area (Å²) in [6.07, 6.45) is -1.45. The van der Waals surface area contributed by atoms with Crippen molar-refractivity contribution < 1.29 is 13.5 Å². The second-order valence-electron chi connectivity index (χ2n) is 3.44. The van der Waals surface area contributed by atoms with Gasteiger partial charge < -0.3 is 9.64 Å². The number of hydrogen-bond acceptors (Lipinski definition) is 2. The Labute approximate surface area is 77.9 Å². The van der Waals surface area contributed by atoms with E-state index in [1.54, 1.807) is 6.92 Å². The second kappa shape index (κ2) is 4.86. The Kier molecular flexibility index (Phi) is 4.06. The molecule has 1 rings (SSSR count). The van der Waals surface area contributed by atoms with E-state index in [1.807, 2.05) is 11.9 Å². The van der Waals surface area contributed by atoms with Gasteiger partial charge in [-0.15, -0.1) is 0 Å². The first-order valence-corrected chi connectivity index (χ1v) is 4.76. The molecule has 78 valence electrons. The van der Waals surface area contributed by atoms with Crippen LogP contribution in [-0.4, -0.2) is 43.7 Å². The van der Waals surface area contributed by atoms with Crippen molar-refractivity contribution in [2.75, 3.05) is 20.2 Å². The molecular formula is C9H17F2NO. The monoisotopic (exact) mass is 193 g/mol. The molecule has 0 amide bonds. The van der Waals surface area contributed by atoms with Gasteiger partial charge in [-0.2, -0.15) is 0 Å². The second-order valence-corrected chi connectivity index (χ2v) is 3.44. The van der Waals surface area contributed by atoms with Crippen molar-refractivity contribution in [3.63, 3.8) is 0 Å². The van der Waals surface area contributed by atoms with Crippen molar-refractivity contribution in [1.82, 2.24) is 4.90 Å². The van der Waals surface area contributed by atoms with Crippen LogP contribution in [0, 0.1) is 0 Å². The Balaban J connectivity index is 2.52. The summed E-state index contributed by atoms with van der Waals surface area (Å²) in [7, 11) is 1.88. The number of nitrogens with zero attached hydrogens (tertiary/aromatic N) is 1. The fourth-order valence-corrected chi connectivity index (χ4v) is 1.90. The highest BCUT2D eigenvalue weighted by Gasteiger charge is 2.35. The first kappa shape index (κ1) is 10.9. The highest BCUT2D eigenvalue weighted by atomic mass is 19.3. The van der Waals surface area contributed by atoms with Gasteiger partial charge in [-0.3, -0.25) is 0 Å². The molecule has 1 heterocycles. The fourth-order valence-electron chi connectivity index (χ4n) is 1.90. The van der Waals surface area contributed by atoms with Crippen molar-refractivity contribution in [2.45, 2.75) is 38.3 Å². The van der Waals surface area contributed by atoms with Crippen LogP contribution in [0.3, 0.4) is 0 Å². The summed E-state index contributed by atoms with van der Waals surface area (Å²) in [6.45, 7) is 3.02. The maximum Gasteiger partial charge on any atom is 0.265 e. The van der Waals surface area contributed by atoms with E-state index in [9.17, 15) is 8.78 Å². The lowest BCUT2D eigenvalue weighted by molar-refractivity contribution is -0.0835. The normalized spacial score (nSPS) is 27.0. The van der Waals surface area contributed by atoms with Crippen LogP contribution in [0.1, 0.15) is 19.8 Å². The molecule has 0 aromatic heterocycles. The minimum Gasteiger partial charge on any atom is -0.371 e. The zero-order valence-electron chi connectivity index (χ0n) is 8.17. The molecule has 1 aliphatic rings. The van der Waals surface area contributed by atoms with E-state index in [4.69, 9.17) is 4.74 Å². The van der Waals surface area contributed by atoms with Gasteiger partial charge in [0.1, 0.15) is 6.10 Å². The van der Waals surface area contributed by atoms with Crippen molar-refractivity contribution in [3.8, 4) is 0 Å². The minimum atomic E-state index is -2.37. The van der Waals surface area contributed by atoms with Gasteiger partial charge in [0.2, 0.25) is 0 Å². The molecule has 2 nitrogen and oxygen atoms in total. The molecular weight excluding hydrogens is 176 g/mol. The summed E-state index contributed by atoms with van der Waals surface area (Å²) in [5, 5.41) is 0. The molecule has 0 radical (unpaired) electrons. The molecule has 13 heavy (non-hydrogen) atoms. The fraction of sp³-hybridized carbons (Fsp3) is 1.00. The predicted molar refractivity (Wildman–Crippen MR) is 47.1 cm³/mol. The average molecular weight is 193 g/mol. The van der Waals surface area contributed by atoms with Crippen molar-refractivity contribution >= 4 is 0 Å². The van der Waals surface area contributed by atoms with Crippen molar-refractivity contribution in [2.24, 2.45) is 0 Å². The third-order valence-corrected chi connectivity index (χ3v) is 2.56. The van der Waals surface area contributed by atoms with E-state index in [0.29, 0.717) is 6.61 Å². The maximum absolute atomic E-state index is 12.6. The van der Waals surface area contributed by atoms with Crippen LogP contribution in [0.15, 0.2) is 0 Å². The van der Waals surface area contributed by atoms with E-state index < -0.39 is 12.5 Å². The maximum atomic E-state index is 12.6. The van der Waals surface area contributed by atoms with Crippen LogP contribution in [0.5, 0.6) is 0 Å². The summed E-state index contributed by atoms with van der Waals surface area (Å²) in [6, 6.07) is -0.0973. The molecule has 0 unspecified atom stereocenters. The average Bonchev–Trinajstić information content (AvgIpc) is 2.47. The van der Waals surface area contributed by atoms with Crippen molar-refractivity contribution in [3.05, 3.63) is 0 Å². The molecule has 0 bridgehead atoms. The topological polar surface area (TPSA) is 12.5 Å². The summed E-state index contributed by atoms with van der Waals surface area (Å²) >= 11 is 0. The third-order valence-electron chi connectivity index (χ3n) is 2.56. The summed E-state index contributed by atoms with van der Waals surface area (Å²) in [4.78, 5) is 1.96. The van der Waals surface area contributed by atoms with Crippen LogP contribution in [0.4, 0.5) is 8.78 Å². The van der Waals surface area contributed by atoms with E-state index >= 15 is 0 Å². The smallest absolute Gasteiger partial charge is 0.265 e. The molecule has 0 saturated carbocycles. The largest absolute Gasteiger partial charge is 0.371 e. The molecule has 4 heteroatoms. The summed E-state index contributed by atoms with van der Waals surface area (Å²) < 4.78 is 30.2. The van der Waals surface area contributed by atoms with E-state index in [2.05, 4.69) is 0 Å². The number of halogens is 2. The third kappa shape index (κ3) is 2.61. The SMILES string of the molecule is CCO[C@@H](C(F)F)[C@@H]1CCCN1C. The molecule has 2 atom stereocenters. The zero-order chi connectivity index (χ0) is 9.84. The number of likely N-dealkylation sites (N-methyl/N-ethyl adjacent to an activating group) is 1.